The molecule has 6 heteroatoms. The van der Waals surface area contributed by atoms with Crippen molar-refractivity contribution in [2.24, 2.45) is 4.99 Å². The topological polar surface area (TPSA) is 70.6 Å². The second kappa shape index (κ2) is 9.24. The predicted octanol–water partition coefficient (Wildman–Crippen LogP) is 5.76. The number of anilines is 1. The standard InChI is InChI=1S/C26H23N3O2S/c1-16-8-11-20(12-9-16)24(30)27-21-6-4-5-19(14-21)15-23-25(31)29-26(32-23)28-22-13-17(2)7-10-18(22)3/h4-15H,1-3H3,(H,27,30)(H,28,29,31)/b23-15+. The molecule has 32 heavy (non-hydrogen) atoms. The van der Waals surface area contributed by atoms with Crippen LogP contribution in [0.1, 0.15) is 32.6 Å². The molecule has 1 saturated heterocycles. The summed E-state index contributed by atoms with van der Waals surface area (Å²) in [6.07, 6.45) is 1.80. The zero-order valence-corrected chi connectivity index (χ0v) is 18.9. The molecule has 3 aromatic carbocycles. The maximum atomic E-state index is 12.5. The van der Waals surface area contributed by atoms with Gasteiger partial charge >= 0.3 is 0 Å². The van der Waals surface area contributed by atoms with Crippen LogP contribution in [0, 0.1) is 20.8 Å². The molecule has 1 aliphatic heterocycles. The Bertz CT molecular complexity index is 1260. The van der Waals surface area contributed by atoms with Crippen molar-refractivity contribution in [3.05, 3.63) is 99.5 Å². The summed E-state index contributed by atoms with van der Waals surface area (Å²) in [6, 6.07) is 20.9. The van der Waals surface area contributed by atoms with E-state index in [1.165, 1.54) is 11.8 Å². The number of carbonyl (C=O) groups excluding carboxylic acids is 2. The van der Waals surface area contributed by atoms with Crippen LogP contribution in [-0.2, 0) is 4.79 Å². The van der Waals surface area contributed by atoms with Gasteiger partial charge in [0.1, 0.15) is 0 Å². The van der Waals surface area contributed by atoms with Crippen molar-refractivity contribution in [3.8, 4) is 0 Å². The van der Waals surface area contributed by atoms with E-state index in [0.717, 1.165) is 27.9 Å². The number of thioether (sulfide) groups is 1. The third kappa shape index (κ3) is 5.15. The van der Waals surface area contributed by atoms with Crippen molar-refractivity contribution in [2.75, 3.05) is 5.32 Å². The second-order valence-corrected chi connectivity index (χ2v) is 8.75. The van der Waals surface area contributed by atoms with Crippen LogP contribution in [0.3, 0.4) is 0 Å². The number of benzene rings is 3. The summed E-state index contributed by atoms with van der Waals surface area (Å²) in [4.78, 5) is 30.1. The fourth-order valence-corrected chi connectivity index (χ4v) is 4.03. The molecule has 0 radical (unpaired) electrons. The highest BCUT2D eigenvalue weighted by Crippen LogP contribution is 2.30. The number of hydrogen-bond donors (Lipinski definition) is 2. The van der Waals surface area contributed by atoms with E-state index in [9.17, 15) is 9.59 Å². The molecule has 3 aromatic rings. The first-order chi connectivity index (χ1) is 15.4. The lowest BCUT2D eigenvalue weighted by molar-refractivity contribution is -0.115. The maximum Gasteiger partial charge on any atom is 0.264 e. The summed E-state index contributed by atoms with van der Waals surface area (Å²) in [7, 11) is 0. The van der Waals surface area contributed by atoms with Crippen LogP contribution in [0.15, 0.2) is 76.6 Å². The molecule has 2 N–H and O–H groups in total. The third-order valence-corrected chi connectivity index (χ3v) is 5.90. The SMILES string of the molecule is Cc1ccc(C(=O)Nc2cccc(/C=C3/SC(=Nc4cc(C)ccc4C)NC3=O)c2)cc1. The monoisotopic (exact) mass is 441 g/mol. The molecular weight excluding hydrogens is 418 g/mol. The largest absolute Gasteiger partial charge is 0.322 e. The lowest BCUT2D eigenvalue weighted by atomic mass is 10.1. The van der Waals surface area contributed by atoms with E-state index in [2.05, 4.69) is 15.6 Å². The summed E-state index contributed by atoms with van der Waals surface area (Å²) in [5.74, 6) is -0.362. The molecule has 0 unspecified atom stereocenters. The van der Waals surface area contributed by atoms with Crippen molar-refractivity contribution >= 4 is 46.2 Å². The molecule has 4 rings (SSSR count). The van der Waals surface area contributed by atoms with Crippen LogP contribution in [-0.4, -0.2) is 17.0 Å². The Kier molecular flexibility index (Phi) is 6.23. The van der Waals surface area contributed by atoms with Crippen LogP contribution >= 0.6 is 11.8 Å². The van der Waals surface area contributed by atoms with Gasteiger partial charge in [0.2, 0.25) is 0 Å². The fourth-order valence-electron chi connectivity index (χ4n) is 3.20. The number of hydrogen-bond acceptors (Lipinski definition) is 4. The quantitative estimate of drug-likeness (QED) is 0.506. The molecule has 0 aromatic heterocycles. The first-order valence-corrected chi connectivity index (χ1v) is 11.0. The second-order valence-electron chi connectivity index (χ2n) is 7.72. The van der Waals surface area contributed by atoms with Crippen LogP contribution in [0.5, 0.6) is 0 Å². The van der Waals surface area contributed by atoms with E-state index in [4.69, 9.17) is 0 Å². The van der Waals surface area contributed by atoms with Crippen molar-refractivity contribution in [3.63, 3.8) is 0 Å². The molecule has 0 atom stereocenters. The number of nitrogens with zero attached hydrogens (tertiary/aromatic N) is 1. The van der Waals surface area contributed by atoms with Gasteiger partial charge < -0.3 is 10.6 Å². The number of nitrogens with one attached hydrogen (secondary N) is 2. The zero-order chi connectivity index (χ0) is 22.7. The van der Waals surface area contributed by atoms with Crippen molar-refractivity contribution < 1.29 is 9.59 Å². The number of amides is 2. The van der Waals surface area contributed by atoms with E-state index < -0.39 is 0 Å². The molecule has 5 nitrogen and oxygen atoms in total. The van der Waals surface area contributed by atoms with E-state index in [1.807, 2.05) is 75.4 Å². The number of rotatable bonds is 4. The highest BCUT2D eigenvalue weighted by atomic mass is 32.2. The molecule has 0 saturated carbocycles. The highest BCUT2D eigenvalue weighted by molar-refractivity contribution is 8.18. The number of carbonyl (C=O) groups is 2. The van der Waals surface area contributed by atoms with Gasteiger partial charge in [-0.3, -0.25) is 9.59 Å². The van der Waals surface area contributed by atoms with E-state index in [0.29, 0.717) is 21.3 Å². The molecule has 1 aliphatic rings. The van der Waals surface area contributed by atoms with Gasteiger partial charge in [0.25, 0.3) is 11.8 Å². The van der Waals surface area contributed by atoms with Crippen molar-refractivity contribution in [1.82, 2.24) is 5.32 Å². The number of aryl methyl sites for hydroxylation is 3. The minimum Gasteiger partial charge on any atom is -0.322 e. The molecule has 0 bridgehead atoms. The Morgan fingerprint density at radius 3 is 2.50 bits per heavy atom. The lowest BCUT2D eigenvalue weighted by Crippen LogP contribution is -2.19. The Morgan fingerprint density at radius 1 is 0.969 bits per heavy atom. The molecule has 1 heterocycles. The summed E-state index contributed by atoms with van der Waals surface area (Å²) >= 11 is 1.30. The van der Waals surface area contributed by atoms with Crippen molar-refractivity contribution in [2.45, 2.75) is 20.8 Å². The molecule has 0 spiro atoms. The van der Waals surface area contributed by atoms with E-state index in [-0.39, 0.29) is 11.8 Å². The normalized spacial score (nSPS) is 15.8. The summed E-state index contributed by atoms with van der Waals surface area (Å²) in [5, 5.41) is 6.29. The first kappa shape index (κ1) is 21.6. The third-order valence-electron chi connectivity index (χ3n) is 4.99. The first-order valence-electron chi connectivity index (χ1n) is 10.2. The highest BCUT2D eigenvalue weighted by Gasteiger charge is 2.24. The van der Waals surface area contributed by atoms with Gasteiger partial charge in [0.05, 0.1) is 10.6 Å². The summed E-state index contributed by atoms with van der Waals surface area (Å²) < 4.78 is 0. The Hall–Kier alpha value is -3.64. The zero-order valence-electron chi connectivity index (χ0n) is 18.1. The molecule has 0 aliphatic carbocycles. The van der Waals surface area contributed by atoms with Crippen molar-refractivity contribution in [1.29, 1.82) is 0 Å². The smallest absolute Gasteiger partial charge is 0.264 e. The van der Waals surface area contributed by atoms with Gasteiger partial charge in [-0.1, -0.05) is 42.0 Å². The van der Waals surface area contributed by atoms with Gasteiger partial charge in [-0.05, 0) is 85.6 Å². The minimum atomic E-state index is -0.187. The van der Waals surface area contributed by atoms with Gasteiger partial charge in [0, 0.05) is 11.3 Å². The predicted molar refractivity (Wildman–Crippen MR) is 132 cm³/mol. The maximum absolute atomic E-state index is 12.5. The molecule has 2 amide bonds. The minimum absolute atomic E-state index is 0.175. The van der Waals surface area contributed by atoms with Gasteiger partial charge in [0.15, 0.2) is 5.17 Å². The molecule has 160 valence electrons. The Labute approximate surface area is 191 Å². The molecule has 1 fully saturated rings. The Balaban J connectivity index is 1.51. The average molecular weight is 442 g/mol. The molecular formula is C26H23N3O2S. The van der Waals surface area contributed by atoms with Gasteiger partial charge in [-0.2, -0.15) is 0 Å². The summed E-state index contributed by atoms with van der Waals surface area (Å²) in [6.45, 7) is 5.99. The Morgan fingerprint density at radius 2 is 1.72 bits per heavy atom. The van der Waals surface area contributed by atoms with Crippen LogP contribution in [0.25, 0.3) is 6.08 Å². The van der Waals surface area contributed by atoms with Crippen LogP contribution in [0.2, 0.25) is 0 Å². The van der Waals surface area contributed by atoms with E-state index >= 15 is 0 Å². The van der Waals surface area contributed by atoms with E-state index in [1.54, 1.807) is 18.2 Å². The van der Waals surface area contributed by atoms with Gasteiger partial charge in [-0.25, -0.2) is 4.99 Å². The van der Waals surface area contributed by atoms with Crippen LogP contribution in [0.4, 0.5) is 11.4 Å². The van der Waals surface area contributed by atoms with Gasteiger partial charge in [-0.15, -0.1) is 0 Å². The number of aliphatic imine (C=N–C) groups is 1. The summed E-state index contributed by atoms with van der Waals surface area (Å²) in [5.41, 5.74) is 6.18. The average Bonchev–Trinajstić information content (AvgIpc) is 3.10. The fraction of sp³-hybridized carbons (Fsp3) is 0.115. The number of amidine groups is 1. The van der Waals surface area contributed by atoms with Crippen LogP contribution < -0.4 is 10.6 Å². The lowest BCUT2D eigenvalue weighted by Gasteiger charge is -2.06.